The molecule has 1 fully saturated rings. The maximum Gasteiger partial charge on any atom is 0.410 e. The number of carbonyl (C=O) groups excluding carboxylic acids is 2. The maximum atomic E-state index is 12.9. The van der Waals surface area contributed by atoms with Gasteiger partial charge in [-0.25, -0.2) is 4.79 Å². The Balaban J connectivity index is 1.74. The number of likely N-dealkylation sites (tertiary alicyclic amines) is 1. The van der Waals surface area contributed by atoms with Gasteiger partial charge in [0.05, 0.1) is 10.7 Å². The van der Waals surface area contributed by atoms with Crippen LogP contribution in [0, 0.1) is 0 Å². The van der Waals surface area contributed by atoms with Crippen molar-refractivity contribution in [3.8, 4) is 11.1 Å². The van der Waals surface area contributed by atoms with Gasteiger partial charge in [-0.2, -0.15) is 0 Å². The first-order valence-corrected chi connectivity index (χ1v) is 11.5. The van der Waals surface area contributed by atoms with Crippen LogP contribution in [0.5, 0.6) is 0 Å². The molecule has 1 saturated heterocycles. The third-order valence-corrected chi connectivity index (χ3v) is 5.94. The summed E-state index contributed by atoms with van der Waals surface area (Å²) in [7, 11) is 0. The van der Waals surface area contributed by atoms with E-state index in [1.165, 1.54) is 4.90 Å². The van der Waals surface area contributed by atoms with Crippen molar-refractivity contribution in [3.63, 3.8) is 0 Å². The van der Waals surface area contributed by atoms with Crippen molar-refractivity contribution in [1.82, 2.24) is 4.90 Å². The van der Waals surface area contributed by atoms with Gasteiger partial charge in [0.2, 0.25) is 5.91 Å². The molecule has 0 spiro atoms. The lowest BCUT2D eigenvalue weighted by Gasteiger charge is -2.28. The SMILES string of the molecule is CSc1ccccc1-c1ccc(NC(=O)C2CCCN2C(=O)OC(C)(C)C)c(Cl)c1. The van der Waals surface area contributed by atoms with Gasteiger partial charge < -0.3 is 10.1 Å². The highest BCUT2D eigenvalue weighted by Crippen LogP contribution is 2.34. The highest BCUT2D eigenvalue weighted by Gasteiger charge is 2.36. The Kier molecular flexibility index (Phi) is 6.98. The summed E-state index contributed by atoms with van der Waals surface area (Å²) in [4.78, 5) is 28.0. The largest absolute Gasteiger partial charge is 0.444 e. The van der Waals surface area contributed by atoms with E-state index in [9.17, 15) is 9.59 Å². The van der Waals surface area contributed by atoms with Crippen molar-refractivity contribution in [2.24, 2.45) is 0 Å². The Hall–Kier alpha value is -2.18. The predicted octanol–water partition coefficient (Wildman–Crippen LogP) is 6.07. The number of amides is 2. The van der Waals surface area contributed by atoms with E-state index in [1.807, 2.05) is 57.4 Å². The molecule has 160 valence electrons. The molecule has 1 aliphatic rings. The molecule has 2 amide bonds. The van der Waals surface area contributed by atoms with Gasteiger partial charge in [0.25, 0.3) is 0 Å². The smallest absolute Gasteiger partial charge is 0.410 e. The zero-order chi connectivity index (χ0) is 21.9. The topological polar surface area (TPSA) is 58.6 Å². The molecule has 0 bridgehead atoms. The fraction of sp³-hybridized carbons (Fsp3) is 0.391. The van der Waals surface area contributed by atoms with E-state index in [4.69, 9.17) is 16.3 Å². The van der Waals surface area contributed by atoms with E-state index >= 15 is 0 Å². The Morgan fingerprint density at radius 3 is 2.60 bits per heavy atom. The molecule has 1 heterocycles. The van der Waals surface area contributed by atoms with Crippen LogP contribution < -0.4 is 5.32 Å². The number of hydrogen-bond donors (Lipinski definition) is 1. The van der Waals surface area contributed by atoms with Crippen LogP contribution in [0.4, 0.5) is 10.5 Å². The lowest BCUT2D eigenvalue weighted by molar-refractivity contribution is -0.120. The van der Waals surface area contributed by atoms with Crippen molar-refractivity contribution in [1.29, 1.82) is 0 Å². The monoisotopic (exact) mass is 446 g/mol. The molecule has 0 aliphatic carbocycles. The van der Waals surface area contributed by atoms with Gasteiger partial charge in [-0.05, 0) is 69.2 Å². The number of carbonyl (C=O) groups is 2. The van der Waals surface area contributed by atoms with E-state index in [0.29, 0.717) is 23.7 Å². The van der Waals surface area contributed by atoms with Crippen molar-refractivity contribution < 1.29 is 14.3 Å². The summed E-state index contributed by atoms with van der Waals surface area (Å²) >= 11 is 8.16. The minimum atomic E-state index is -0.604. The van der Waals surface area contributed by atoms with Crippen LogP contribution in [0.25, 0.3) is 11.1 Å². The zero-order valence-corrected chi connectivity index (χ0v) is 19.3. The minimum absolute atomic E-state index is 0.252. The molecule has 3 rings (SSSR count). The molecular formula is C23H27ClN2O3S. The van der Waals surface area contributed by atoms with Gasteiger partial charge in [0.15, 0.2) is 0 Å². The minimum Gasteiger partial charge on any atom is -0.444 e. The van der Waals surface area contributed by atoms with Crippen molar-refractivity contribution in [2.75, 3.05) is 18.1 Å². The molecule has 1 unspecified atom stereocenters. The van der Waals surface area contributed by atoms with Gasteiger partial charge in [-0.15, -0.1) is 11.8 Å². The van der Waals surface area contributed by atoms with Crippen molar-refractivity contribution in [2.45, 2.75) is 50.2 Å². The second kappa shape index (κ2) is 9.31. The Labute approximate surface area is 187 Å². The van der Waals surface area contributed by atoms with E-state index in [0.717, 1.165) is 22.4 Å². The molecule has 2 aromatic rings. The first-order valence-electron chi connectivity index (χ1n) is 9.93. The second-order valence-corrected chi connectivity index (χ2v) is 9.47. The van der Waals surface area contributed by atoms with Crippen LogP contribution in [-0.4, -0.2) is 41.3 Å². The number of rotatable bonds is 4. The van der Waals surface area contributed by atoms with E-state index in [-0.39, 0.29) is 5.91 Å². The number of ether oxygens (including phenoxy) is 1. The average molecular weight is 447 g/mol. The molecule has 5 nitrogen and oxygen atoms in total. The van der Waals surface area contributed by atoms with E-state index in [1.54, 1.807) is 17.8 Å². The van der Waals surface area contributed by atoms with E-state index in [2.05, 4.69) is 11.4 Å². The standard InChI is InChI=1S/C23H27ClN2O3S/c1-23(2,3)29-22(28)26-13-7-9-19(26)21(27)25-18-12-11-15(14-17(18)24)16-8-5-6-10-20(16)30-4/h5-6,8,10-12,14,19H,7,9,13H2,1-4H3,(H,25,27). The summed E-state index contributed by atoms with van der Waals surface area (Å²) in [6.07, 6.45) is 2.93. The molecule has 30 heavy (non-hydrogen) atoms. The Bertz CT molecular complexity index is 942. The van der Waals surface area contributed by atoms with E-state index < -0.39 is 17.7 Å². The number of benzene rings is 2. The van der Waals surface area contributed by atoms with Crippen LogP contribution >= 0.6 is 23.4 Å². The maximum absolute atomic E-state index is 12.9. The van der Waals surface area contributed by atoms with Crippen molar-refractivity contribution in [3.05, 3.63) is 47.5 Å². The summed E-state index contributed by atoms with van der Waals surface area (Å²) in [6.45, 7) is 5.94. The average Bonchev–Trinajstić information content (AvgIpc) is 3.18. The fourth-order valence-corrected chi connectivity index (χ4v) is 4.31. The number of hydrogen-bond acceptors (Lipinski definition) is 4. The molecular weight excluding hydrogens is 420 g/mol. The third-order valence-electron chi connectivity index (χ3n) is 4.83. The first kappa shape index (κ1) is 22.5. The van der Waals surface area contributed by atoms with Gasteiger partial charge in [0, 0.05) is 11.4 Å². The number of nitrogens with zero attached hydrogens (tertiary/aromatic N) is 1. The van der Waals surface area contributed by atoms with Gasteiger partial charge in [-0.1, -0.05) is 35.9 Å². The number of nitrogens with one attached hydrogen (secondary N) is 1. The fourth-order valence-electron chi connectivity index (χ4n) is 3.46. The molecule has 2 aromatic carbocycles. The summed E-state index contributed by atoms with van der Waals surface area (Å²) in [6, 6.07) is 13.1. The molecule has 1 aliphatic heterocycles. The highest BCUT2D eigenvalue weighted by atomic mass is 35.5. The summed E-state index contributed by atoms with van der Waals surface area (Å²) < 4.78 is 5.44. The van der Waals surface area contributed by atoms with Crippen LogP contribution in [0.2, 0.25) is 5.02 Å². The third kappa shape index (κ3) is 5.29. The van der Waals surface area contributed by atoms with Gasteiger partial charge in [0.1, 0.15) is 11.6 Å². The second-order valence-electron chi connectivity index (χ2n) is 8.22. The van der Waals surface area contributed by atoms with Gasteiger partial charge >= 0.3 is 6.09 Å². The number of anilines is 1. The molecule has 7 heteroatoms. The zero-order valence-electron chi connectivity index (χ0n) is 17.7. The predicted molar refractivity (Wildman–Crippen MR) is 123 cm³/mol. The lowest BCUT2D eigenvalue weighted by atomic mass is 10.1. The lowest BCUT2D eigenvalue weighted by Crippen LogP contribution is -2.45. The number of thioether (sulfide) groups is 1. The molecule has 1 N–H and O–H groups in total. The Morgan fingerprint density at radius 2 is 1.93 bits per heavy atom. The van der Waals surface area contributed by atoms with Crippen LogP contribution in [-0.2, 0) is 9.53 Å². The molecule has 0 radical (unpaired) electrons. The normalized spacial score (nSPS) is 16.4. The van der Waals surface area contributed by atoms with Crippen LogP contribution in [0.15, 0.2) is 47.4 Å². The molecule has 0 aromatic heterocycles. The van der Waals surface area contributed by atoms with Crippen LogP contribution in [0.3, 0.4) is 0 Å². The first-order chi connectivity index (χ1) is 14.2. The van der Waals surface area contributed by atoms with Crippen LogP contribution in [0.1, 0.15) is 33.6 Å². The summed E-state index contributed by atoms with van der Waals surface area (Å²) in [5, 5.41) is 3.34. The van der Waals surface area contributed by atoms with Crippen molar-refractivity contribution >= 4 is 41.1 Å². The summed E-state index contributed by atoms with van der Waals surface area (Å²) in [5.41, 5.74) is 2.01. The highest BCUT2D eigenvalue weighted by molar-refractivity contribution is 7.98. The Morgan fingerprint density at radius 1 is 1.20 bits per heavy atom. The number of halogens is 1. The van der Waals surface area contributed by atoms with Gasteiger partial charge in [-0.3, -0.25) is 9.69 Å². The molecule has 1 atom stereocenters. The quantitative estimate of drug-likeness (QED) is 0.579. The summed E-state index contributed by atoms with van der Waals surface area (Å²) in [5.74, 6) is -0.252. The molecule has 0 saturated carbocycles.